The van der Waals surface area contributed by atoms with E-state index in [-0.39, 0.29) is 5.97 Å². The van der Waals surface area contributed by atoms with Crippen LogP contribution < -0.4 is 5.73 Å². The molecule has 0 aromatic rings. The minimum Gasteiger partial charge on any atom is -0.462 e. The molecule has 3 nitrogen and oxygen atoms in total. The van der Waals surface area contributed by atoms with Gasteiger partial charge in [-0.2, -0.15) is 0 Å². The van der Waals surface area contributed by atoms with E-state index >= 15 is 0 Å². The molecule has 0 spiro atoms. The van der Waals surface area contributed by atoms with Crippen molar-refractivity contribution in [1.29, 1.82) is 0 Å². The van der Waals surface area contributed by atoms with Gasteiger partial charge < -0.3 is 10.5 Å². The number of nitrogens with two attached hydrogens (primary N) is 1. The van der Waals surface area contributed by atoms with Gasteiger partial charge in [-0.3, -0.25) is 0 Å². The molecule has 0 fully saturated rings. The molecule has 3 heteroatoms. The summed E-state index contributed by atoms with van der Waals surface area (Å²) in [5.41, 5.74) is 5.83. The van der Waals surface area contributed by atoms with Crippen molar-refractivity contribution >= 4 is 5.97 Å². The first-order valence-corrected chi connectivity index (χ1v) is 5.77. The number of rotatable bonds is 8. The second kappa shape index (κ2) is 9.56. The highest BCUT2D eigenvalue weighted by Gasteiger charge is 1.97. The SMILES string of the molecule is CCCCCCCCOC(=O)/C=C(\C)N. The number of hydrogen-bond donors (Lipinski definition) is 1. The molecule has 0 amide bonds. The van der Waals surface area contributed by atoms with E-state index in [9.17, 15) is 4.79 Å². The molecule has 15 heavy (non-hydrogen) atoms. The molecule has 0 aliphatic rings. The fraction of sp³-hybridized carbons (Fsp3) is 0.750. The Bertz CT molecular complexity index is 196. The van der Waals surface area contributed by atoms with Crippen LogP contribution >= 0.6 is 0 Å². The number of carbonyl (C=O) groups excluding carboxylic acids is 1. The van der Waals surface area contributed by atoms with Crippen molar-refractivity contribution in [3.8, 4) is 0 Å². The molecule has 2 N–H and O–H groups in total. The second-order valence-corrected chi connectivity index (χ2v) is 3.82. The summed E-state index contributed by atoms with van der Waals surface area (Å²) in [5.74, 6) is -0.330. The van der Waals surface area contributed by atoms with Crippen molar-refractivity contribution in [1.82, 2.24) is 0 Å². The molecule has 0 unspecified atom stereocenters. The summed E-state index contributed by atoms with van der Waals surface area (Å²) in [4.78, 5) is 11.0. The molecule has 0 aromatic heterocycles. The maximum Gasteiger partial charge on any atom is 0.332 e. The minimum absolute atomic E-state index is 0.330. The van der Waals surface area contributed by atoms with Gasteiger partial charge in [-0.25, -0.2) is 4.79 Å². The van der Waals surface area contributed by atoms with E-state index in [1.807, 2.05) is 0 Å². The van der Waals surface area contributed by atoms with E-state index in [0.29, 0.717) is 12.3 Å². The third-order valence-corrected chi connectivity index (χ3v) is 2.09. The molecular weight excluding hydrogens is 190 g/mol. The smallest absolute Gasteiger partial charge is 0.332 e. The molecule has 0 saturated heterocycles. The van der Waals surface area contributed by atoms with Gasteiger partial charge in [0.1, 0.15) is 0 Å². The summed E-state index contributed by atoms with van der Waals surface area (Å²) in [5, 5.41) is 0. The standard InChI is InChI=1S/C12H23NO2/c1-3-4-5-6-7-8-9-15-12(14)10-11(2)13/h10H,3-9,13H2,1-2H3/b11-10+. The Balaban J connectivity index is 3.24. The van der Waals surface area contributed by atoms with Crippen molar-refractivity contribution in [2.75, 3.05) is 6.61 Å². The number of ether oxygens (including phenoxy) is 1. The van der Waals surface area contributed by atoms with E-state index in [2.05, 4.69) is 6.92 Å². The maximum absolute atomic E-state index is 11.0. The second-order valence-electron chi connectivity index (χ2n) is 3.82. The van der Waals surface area contributed by atoms with E-state index in [1.54, 1.807) is 6.92 Å². The van der Waals surface area contributed by atoms with Gasteiger partial charge in [0.15, 0.2) is 0 Å². The molecule has 0 aliphatic heterocycles. The molecular formula is C12H23NO2. The molecule has 0 aliphatic carbocycles. The minimum atomic E-state index is -0.330. The van der Waals surface area contributed by atoms with E-state index in [0.717, 1.165) is 12.8 Å². The van der Waals surface area contributed by atoms with Crippen molar-refractivity contribution < 1.29 is 9.53 Å². The number of hydrogen-bond acceptors (Lipinski definition) is 3. The molecule has 0 rings (SSSR count). The van der Waals surface area contributed by atoms with Crippen molar-refractivity contribution in [2.24, 2.45) is 5.73 Å². The third-order valence-electron chi connectivity index (χ3n) is 2.09. The van der Waals surface area contributed by atoms with Crippen LogP contribution in [0.25, 0.3) is 0 Å². The normalized spacial score (nSPS) is 11.5. The van der Waals surface area contributed by atoms with Crippen LogP contribution in [0.3, 0.4) is 0 Å². The fourth-order valence-electron chi connectivity index (χ4n) is 1.28. The zero-order valence-electron chi connectivity index (χ0n) is 9.92. The predicted octanol–water partition coefficient (Wildman–Crippen LogP) is 2.75. The molecule has 0 aromatic carbocycles. The molecule has 0 bridgehead atoms. The first-order valence-electron chi connectivity index (χ1n) is 5.77. The summed E-state index contributed by atoms with van der Waals surface area (Å²) in [6.07, 6.45) is 8.48. The first kappa shape index (κ1) is 14.0. The number of esters is 1. The Hall–Kier alpha value is -0.990. The monoisotopic (exact) mass is 213 g/mol. The fourth-order valence-corrected chi connectivity index (χ4v) is 1.28. The van der Waals surface area contributed by atoms with E-state index in [1.165, 1.54) is 31.8 Å². The quantitative estimate of drug-likeness (QED) is 0.383. The van der Waals surface area contributed by atoms with Crippen molar-refractivity contribution in [3.05, 3.63) is 11.8 Å². The lowest BCUT2D eigenvalue weighted by molar-refractivity contribution is -0.137. The van der Waals surface area contributed by atoms with Crippen LogP contribution in [0, 0.1) is 0 Å². The van der Waals surface area contributed by atoms with Gasteiger partial charge in [0.05, 0.1) is 6.61 Å². The van der Waals surface area contributed by atoms with Crippen molar-refractivity contribution in [2.45, 2.75) is 52.4 Å². The van der Waals surface area contributed by atoms with E-state index in [4.69, 9.17) is 10.5 Å². The van der Waals surface area contributed by atoms with Crippen molar-refractivity contribution in [3.63, 3.8) is 0 Å². The highest BCUT2D eigenvalue weighted by molar-refractivity contribution is 5.82. The van der Waals surface area contributed by atoms with Gasteiger partial charge in [-0.1, -0.05) is 39.0 Å². The Kier molecular flexibility index (Phi) is 8.93. The van der Waals surface area contributed by atoms with E-state index < -0.39 is 0 Å². The molecule has 88 valence electrons. The average molecular weight is 213 g/mol. The highest BCUT2D eigenvalue weighted by Crippen LogP contribution is 2.04. The van der Waals surface area contributed by atoms with Crippen LogP contribution in [0.1, 0.15) is 52.4 Å². The average Bonchev–Trinajstić information content (AvgIpc) is 2.15. The summed E-state index contributed by atoms with van der Waals surface area (Å²) < 4.78 is 4.96. The lowest BCUT2D eigenvalue weighted by atomic mass is 10.1. The summed E-state index contributed by atoms with van der Waals surface area (Å²) in [7, 11) is 0. The Morgan fingerprint density at radius 3 is 2.40 bits per heavy atom. The summed E-state index contributed by atoms with van der Waals surface area (Å²) in [6, 6.07) is 0. The zero-order valence-corrected chi connectivity index (χ0v) is 9.92. The Morgan fingerprint density at radius 2 is 1.80 bits per heavy atom. The number of unbranched alkanes of at least 4 members (excludes halogenated alkanes) is 5. The van der Waals surface area contributed by atoms with Gasteiger partial charge in [0.2, 0.25) is 0 Å². The maximum atomic E-state index is 11.0. The number of allylic oxidation sites excluding steroid dienone is 1. The Labute approximate surface area is 92.7 Å². The van der Waals surface area contributed by atoms with Gasteiger partial charge in [-0.05, 0) is 13.3 Å². The summed E-state index contributed by atoms with van der Waals surface area (Å²) in [6.45, 7) is 4.38. The largest absolute Gasteiger partial charge is 0.462 e. The lowest BCUT2D eigenvalue weighted by Crippen LogP contribution is -2.05. The van der Waals surface area contributed by atoms with Crippen LogP contribution in [-0.4, -0.2) is 12.6 Å². The van der Waals surface area contributed by atoms with Crippen LogP contribution in [0.4, 0.5) is 0 Å². The third kappa shape index (κ3) is 10.9. The van der Waals surface area contributed by atoms with Crippen LogP contribution in [0.5, 0.6) is 0 Å². The predicted molar refractivity (Wildman–Crippen MR) is 62.3 cm³/mol. The van der Waals surface area contributed by atoms with Gasteiger partial charge >= 0.3 is 5.97 Å². The summed E-state index contributed by atoms with van der Waals surface area (Å²) >= 11 is 0. The molecule has 0 heterocycles. The zero-order chi connectivity index (χ0) is 11.5. The van der Waals surface area contributed by atoms with Crippen LogP contribution in [0.15, 0.2) is 11.8 Å². The lowest BCUT2D eigenvalue weighted by Gasteiger charge is -2.02. The highest BCUT2D eigenvalue weighted by atomic mass is 16.5. The first-order chi connectivity index (χ1) is 7.16. The number of carbonyl (C=O) groups is 1. The topological polar surface area (TPSA) is 52.3 Å². The van der Waals surface area contributed by atoms with Gasteiger partial charge in [0.25, 0.3) is 0 Å². The van der Waals surface area contributed by atoms with Gasteiger partial charge in [-0.15, -0.1) is 0 Å². The van der Waals surface area contributed by atoms with Crippen LogP contribution in [-0.2, 0) is 9.53 Å². The molecule has 0 saturated carbocycles. The molecule has 0 atom stereocenters. The van der Waals surface area contributed by atoms with Crippen LogP contribution in [0.2, 0.25) is 0 Å². The van der Waals surface area contributed by atoms with Gasteiger partial charge in [0, 0.05) is 11.8 Å². The Morgan fingerprint density at radius 1 is 1.20 bits per heavy atom. The molecule has 0 radical (unpaired) electrons.